The predicted molar refractivity (Wildman–Crippen MR) is 283 cm³/mol. The van der Waals surface area contributed by atoms with Crippen LogP contribution in [0, 0.1) is 29.1 Å². The van der Waals surface area contributed by atoms with Crippen LogP contribution in [0.5, 0.6) is 0 Å². The monoisotopic (exact) mass is 898 g/mol. The lowest BCUT2D eigenvalue weighted by Crippen LogP contribution is -2.58. The molecular formula is C63H58N6. The molecule has 6 nitrogen and oxygen atoms in total. The summed E-state index contributed by atoms with van der Waals surface area (Å²) in [5.74, 6) is 5.63. The Hall–Kier alpha value is -7.57. The fourth-order valence-corrected chi connectivity index (χ4v) is 12.6. The van der Waals surface area contributed by atoms with Gasteiger partial charge in [-0.15, -0.1) is 6.58 Å². The van der Waals surface area contributed by atoms with E-state index in [0.29, 0.717) is 35.2 Å². The van der Waals surface area contributed by atoms with Crippen molar-refractivity contribution in [3.8, 4) is 56.4 Å². The average Bonchev–Trinajstić information content (AvgIpc) is 3.83. The van der Waals surface area contributed by atoms with Gasteiger partial charge >= 0.3 is 0 Å². The minimum Gasteiger partial charge on any atom is -0.355 e. The fraction of sp³-hybridized carbons (Fsp3) is 0.222. The lowest BCUT2D eigenvalue weighted by molar-refractivity contribution is 0.0668. The van der Waals surface area contributed by atoms with E-state index >= 15 is 0 Å². The van der Waals surface area contributed by atoms with Crippen LogP contribution in [0.4, 0.5) is 0 Å². The highest BCUT2D eigenvalue weighted by Gasteiger charge is 2.66. The molecule has 1 heterocycles. The topological polar surface area (TPSA) is 78.1 Å². The molecule has 4 saturated carbocycles. The standard InChI is InChI=1S/C63H58N6/c1-3-4-9-26-57(69(2)62(65-58(64)48-22-14-7-15-23-48)52-33-29-47(30-34-52)45-20-12-6-13-21-45)63(55-40-43-39-53(42-55)56(63)41-43)54-37-35-51(36-38-54)61-67-59(49-24-16-8-17-25-49)66-60(68-61)50-31-27-46(28-32-50)44-18-10-5-11-19-44/h3,5-8,10-25,27-38,43,53,55-57,64H,1,4,9,26,39-42H2,2H3/t43?,53?,55?,56?,57?,63-/m0/s1. The molecule has 6 heteroatoms. The third-order valence-electron chi connectivity index (χ3n) is 15.6. The number of aliphatic imine (C=N–C) groups is 1. The summed E-state index contributed by atoms with van der Waals surface area (Å²) in [6, 6.07) is 68.0. The Morgan fingerprint density at radius 3 is 1.58 bits per heavy atom. The van der Waals surface area contributed by atoms with E-state index < -0.39 is 0 Å². The van der Waals surface area contributed by atoms with Crippen LogP contribution >= 0.6 is 0 Å². The van der Waals surface area contributed by atoms with Crippen molar-refractivity contribution >= 4 is 11.7 Å². The fourth-order valence-electron chi connectivity index (χ4n) is 12.6. The van der Waals surface area contributed by atoms with Crippen molar-refractivity contribution in [3.05, 3.63) is 223 Å². The van der Waals surface area contributed by atoms with Crippen LogP contribution in [0.15, 0.2) is 212 Å². The average molecular weight is 899 g/mol. The molecule has 4 fully saturated rings. The maximum atomic E-state index is 9.42. The molecule has 5 unspecified atom stereocenters. The van der Waals surface area contributed by atoms with Crippen LogP contribution in [0.25, 0.3) is 56.4 Å². The normalized spacial score (nSPS) is 20.7. The second kappa shape index (κ2) is 19.2. The van der Waals surface area contributed by atoms with Gasteiger partial charge in [0.15, 0.2) is 23.3 Å². The summed E-state index contributed by atoms with van der Waals surface area (Å²) < 4.78 is 0. The molecule has 69 heavy (non-hydrogen) atoms. The molecule has 1 N–H and O–H groups in total. The zero-order valence-electron chi connectivity index (χ0n) is 39.3. The number of likely N-dealkylation sites (N-methyl/N-ethyl adjacent to an activating group) is 1. The Labute approximate surface area is 407 Å². The molecular weight excluding hydrogens is 841 g/mol. The summed E-state index contributed by atoms with van der Waals surface area (Å²) in [5, 5.41) is 9.42. The Bertz CT molecular complexity index is 3080. The Morgan fingerprint density at radius 1 is 0.580 bits per heavy atom. The number of rotatable bonds is 14. The molecule has 1 aromatic heterocycles. The highest BCUT2D eigenvalue weighted by Crippen LogP contribution is 2.69. The Morgan fingerprint density at radius 2 is 1.04 bits per heavy atom. The van der Waals surface area contributed by atoms with Crippen molar-refractivity contribution in [2.75, 3.05) is 7.05 Å². The number of hydrogen-bond acceptors (Lipinski definition) is 4. The first kappa shape index (κ1) is 44.0. The highest BCUT2D eigenvalue weighted by molar-refractivity contribution is 6.10. The first-order chi connectivity index (χ1) is 34.0. The van der Waals surface area contributed by atoms with Crippen LogP contribution in [0.3, 0.4) is 0 Å². The summed E-state index contributed by atoms with van der Waals surface area (Å²) in [7, 11) is 2.26. The van der Waals surface area contributed by atoms with E-state index in [-0.39, 0.29) is 17.3 Å². The number of aromatic nitrogens is 3. The van der Waals surface area contributed by atoms with Crippen LogP contribution in [-0.2, 0) is 5.41 Å². The van der Waals surface area contributed by atoms with Crippen LogP contribution in [0.2, 0.25) is 0 Å². The summed E-state index contributed by atoms with van der Waals surface area (Å²) in [6.45, 7) is 4.16. The minimum absolute atomic E-state index is 0.116. The molecule has 0 saturated heterocycles. The maximum Gasteiger partial charge on any atom is 0.164 e. The Balaban J connectivity index is 1.01. The molecule has 0 radical (unpaired) electrons. The van der Waals surface area contributed by atoms with E-state index in [1.807, 2.05) is 54.6 Å². The van der Waals surface area contributed by atoms with Crippen LogP contribution in [0.1, 0.15) is 61.6 Å². The van der Waals surface area contributed by atoms with Gasteiger partial charge in [0.1, 0.15) is 5.84 Å². The molecule has 0 amide bonds. The molecule has 340 valence electrons. The third-order valence-corrected chi connectivity index (χ3v) is 15.6. The van der Waals surface area contributed by atoms with Gasteiger partial charge in [0.05, 0.1) is 0 Å². The van der Waals surface area contributed by atoms with Crippen molar-refractivity contribution in [2.45, 2.75) is 56.4 Å². The van der Waals surface area contributed by atoms with Gasteiger partial charge < -0.3 is 4.90 Å². The number of benzene rings is 7. The molecule has 7 aromatic carbocycles. The first-order valence-electron chi connectivity index (χ1n) is 24.8. The molecule has 0 aliphatic heterocycles. The van der Waals surface area contributed by atoms with E-state index in [0.717, 1.165) is 70.0 Å². The van der Waals surface area contributed by atoms with Gasteiger partial charge in [0.2, 0.25) is 0 Å². The van der Waals surface area contributed by atoms with Crippen molar-refractivity contribution in [1.82, 2.24) is 19.9 Å². The summed E-state index contributed by atoms with van der Waals surface area (Å²) in [6.07, 6.45) is 10.1. The zero-order chi connectivity index (χ0) is 46.7. The van der Waals surface area contributed by atoms with Crippen molar-refractivity contribution < 1.29 is 0 Å². The van der Waals surface area contributed by atoms with Crippen LogP contribution in [-0.4, -0.2) is 44.6 Å². The van der Waals surface area contributed by atoms with Gasteiger partial charge in [0.25, 0.3) is 0 Å². The molecule has 4 aliphatic rings. The van der Waals surface area contributed by atoms with Gasteiger partial charge in [-0.2, -0.15) is 0 Å². The zero-order valence-corrected chi connectivity index (χ0v) is 39.3. The molecule has 8 aromatic rings. The van der Waals surface area contributed by atoms with E-state index in [9.17, 15) is 5.41 Å². The lowest BCUT2D eigenvalue weighted by Gasteiger charge is -2.53. The summed E-state index contributed by atoms with van der Waals surface area (Å²) in [4.78, 5) is 23.2. The molecule has 0 spiro atoms. The minimum atomic E-state index is -0.133. The number of nitrogens with zero attached hydrogens (tertiary/aromatic N) is 5. The van der Waals surface area contributed by atoms with Crippen molar-refractivity contribution in [2.24, 2.45) is 28.7 Å². The van der Waals surface area contributed by atoms with Crippen LogP contribution < -0.4 is 0 Å². The quantitative estimate of drug-likeness (QED) is 0.0510. The Kier molecular flexibility index (Phi) is 12.2. The van der Waals surface area contributed by atoms with Gasteiger partial charge in [-0.3, -0.25) is 5.41 Å². The second-order valence-electron chi connectivity index (χ2n) is 19.4. The predicted octanol–water partition coefficient (Wildman–Crippen LogP) is 14.6. The lowest BCUT2D eigenvalue weighted by atomic mass is 9.56. The number of unbranched alkanes of at least 4 members (excludes halogenated alkanes) is 1. The maximum absolute atomic E-state index is 9.42. The van der Waals surface area contributed by atoms with Gasteiger partial charge in [0, 0.05) is 46.3 Å². The molecule has 6 atom stereocenters. The second-order valence-corrected chi connectivity index (χ2v) is 19.4. The van der Waals surface area contributed by atoms with Gasteiger partial charge in [-0.25, -0.2) is 19.9 Å². The third kappa shape index (κ3) is 8.54. The smallest absolute Gasteiger partial charge is 0.164 e. The number of hydrogen-bond donors (Lipinski definition) is 1. The van der Waals surface area contributed by atoms with Crippen molar-refractivity contribution in [3.63, 3.8) is 0 Å². The molecule has 4 aliphatic carbocycles. The van der Waals surface area contributed by atoms with E-state index in [1.54, 1.807) is 0 Å². The number of nitrogens with one attached hydrogen (secondary N) is 1. The SMILES string of the molecule is C=CCCCC(N(C)C(=NC(=N)c1ccccc1)c1ccc(-c2ccccc2)cc1)[C@@]1(c2ccc(-c3nc(-c4ccccc4)nc(-c4ccc(-c5ccccc5)cc4)n3)cc2)C2CC3CC(C2)C1C3. The summed E-state index contributed by atoms with van der Waals surface area (Å²) in [5.41, 5.74) is 10.6. The van der Waals surface area contributed by atoms with E-state index in [4.69, 9.17) is 19.9 Å². The molecule has 4 bridgehead atoms. The number of allylic oxidation sites excluding steroid dienone is 1. The summed E-state index contributed by atoms with van der Waals surface area (Å²) >= 11 is 0. The van der Waals surface area contributed by atoms with Crippen molar-refractivity contribution in [1.29, 1.82) is 5.41 Å². The van der Waals surface area contributed by atoms with Gasteiger partial charge in [-0.05, 0) is 96.4 Å². The number of amidine groups is 2. The highest BCUT2D eigenvalue weighted by atomic mass is 15.2. The largest absolute Gasteiger partial charge is 0.355 e. The van der Waals surface area contributed by atoms with E-state index in [2.05, 4.69) is 164 Å². The van der Waals surface area contributed by atoms with Gasteiger partial charge in [-0.1, -0.05) is 200 Å². The molecule has 12 rings (SSSR count). The first-order valence-corrected chi connectivity index (χ1v) is 24.8. The van der Waals surface area contributed by atoms with E-state index in [1.165, 1.54) is 42.4 Å².